The Balaban J connectivity index is 1.15. The van der Waals surface area contributed by atoms with Crippen molar-refractivity contribution in [2.24, 2.45) is 17.6 Å². The number of carbonyl (C=O) groups is 3. The van der Waals surface area contributed by atoms with Gasteiger partial charge in [-0.25, -0.2) is 14.7 Å². The smallest absolute Gasteiger partial charge is 0.407 e. The lowest BCUT2D eigenvalue weighted by molar-refractivity contribution is -0.130. The molecular formula is C37H43N9O4. The van der Waals surface area contributed by atoms with Gasteiger partial charge in [-0.2, -0.15) is 5.21 Å². The molecule has 50 heavy (non-hydrogen) atoms. The van der Waals surface area contributed by atoms with Gasteiger partial charge in [-0.05, 0) is 124 Å². The Morgan fingerprint density at radius 2 is 1.64 bits per heavy atom. The summed E-state index contributed by atoms with van der Waals surface area (Å²) in [6.07, 6.45) is 2.44. The molecule has 3 amide bonds. The number of aryl methyl sites for hydroxylation is 1. The van der Waals surface area contributed by atoms with Gasteiger partial charge in [0.1, 0.15) is 11.4 Å². The average Bonchev–Trinajstić information content (AvgIpc) is 3.77. The minimum absolute atomic E-state index is 0.209. The van der Waals surface area contributed by atoms with Crippen LogP contribution in [0.2, 0.25) is 0 Å². The minimum atomic E-state index is -0.958. The van der Waals surface area contributed by atoms with E-state index in [1.807, 2.05) is 64.1 Å². The zero-order chi connectivity index (χ0) is 35.4. The highest BCUT2D eigenvalue weighted by Crippen LogP contribution is 2.32. The summed E-state index contributed by atoms with van der Waals surface area (Å²) in [7, 11) is 0. The number of anilines is 1. The van der Waals surface area contributed by atoms with Crippen molar-refractivity contribution in [2.75, 3.05) is 11.4 Å². The summed E-state index contributed by atoms with van der Waals surface area (Å²) in [4.78, 5) is 49.4. The molecule has 0 radical (unpaired) electrons. The van der Waals surface area contributed by atoms with Crippen molar-refractivity contribution in [3.05, 3.63) is 78.1 Å². The van der Waals surface area contributed by atoms with Crippen LogP contribution in [0.25, 0.3) is 33.5 Å². The fourth-order valence-corrected chi connectivity index (χ4v) is 6.40. The Labute approximate surface area is 290 Å². The quantitative estimate of drug-likeness (QED) is 0.157. The van der Waals surface area contributed by atoms with Crippen LogP contribution in [0.1, 0.15) is 57.8 Å². The first-order chi connectivity index (χ1) is 23.9. The normalized spacial score (nSPS) is 16.9. The Morgan fingerprint density at radius 3 is 2.30 bits per heavy atom. The van der Waals surface area contributed by atoms with E-state index in [-0.39, 0.29) is 24.2 Å². The van der Waals surface area contributed by atoms with Crippen molar-refractivity contribution in [3.63, 3.8) is 0 Å². The molecule has 3 aromatic carbocycles. The number of aromatic nitrogens is 6. The number of alkyl carbamates (subject to hydrolysis) is 1. The van der Waals surface area contributed by atoms with E-state index in [4.69, 9.17) is 10.5 Å². The molecule has 0 aliphatic heterocycles. The van der Waals surface area contributed by atoms with E-state index in [1.165, 1.54) is 4.90 Å². The molecule has 1 fully saturated rings. The van der Waals surface area contributed by atoms with Crippen LogP contribution in [-0.4, -0.2) is 66.7 Å². The van der Waals surface area contributed by atoms with Gasteiger partial charge in [-0.3, -0.25) is 9.59 Å². The van der Waals surface area contributed by atoms with Crippen molar-refractivity contribution < 1.29 is 19.1 Å². The first-order valence-electron chi connectivity index (χ1n) is 16.9. The molecule has 2 heterocycles. The second-order valence-corrected chi connectivity index (χ2v) is 14.0. The Hall–Kier alpha value is -5.43. The molecule has 13 heteroatoms. The lowest BCUT2D eigenvalue weighted by Gasteiger charge is -2.32. The van der Waals surface area contributed by atoms with Crippen molar-refractivity contribution in [2.45, 2.75) is 71.4 Å². The standard InChI is InChI=1S/C37H43N9O4/c1-22-40-31-18-15-28(20-32(31)41-22)25-9-5-23(6-10-25)19-30(38)35(48)46(29-16-13-26(14-17-29)33-42-44-45-43-33)34(47)27-11-7-24(8-12-27)21-39-36(49)50-37(2,3)4/h5-6,9-10,13-18,20,24,27,30H,7-8,11-12,19,21,38H2,1-4H3,(H,39,49)(H,40,41)(H,42,43,44,45)/t24?,27?,30-/m0/s1. The van der Waals surface area contributed by atoms with E-state index >= 15 is 0 Å². The number of ether oxygens (including phenoxy) is 1. The Morgan fingerprint density at radius 1 is 0.960 bits per heavy atom. The van der Waals surface area contributed by atoms with Crippen LogP contribution < -0.4 is 16.0 Å². The van der Waals surface area contributed by atoms with Crippen molar-refractivity contribution in [1.82, 2.24) is 35.9 Å². The summed E-state index contributed by atoms with van der Waals surface area (Å²) in [5, 5.41) is 16.9. The number of hydrogen-bond acceptors (Lipinski definition) is 9. The maximum absolute atomic E-state index is 14.1. The van der Waals surface area contributed by atoms with Crippen LogP contribution in [0.5, 0.6) is 0 Å². The van der Waals surface area contributed by atoms with Crippen LogP contribution in [0.15, 0.2) is 66.7 Å². The molecule has 5 aromatic rings. The van der Waals surface area contributed by atoms with E-state index in [0.29, 0.717) is 36.5 Å². The van der Waals surface area contributed by atoms with Crippen molar-refractivity contribution in [3.8, 4) is 22.5 Å². The maximum Gasteiger partial charge on any atom is 0.407 e. The highest BCUT2D eigenvalue weighted by atomic mass is 16.6. The summed E-state index contributed by atoms with van der Waals surface area (Å²) >= 11 is 0. The molecule has 1 aliphatic carbocycles. The third-order valence-electron chi connectivity index (χ3n) is 8.96. The third-order valence-corrected chi connectivity index (χ3v) is 8.96. The number of H-pyrrole nitrogens is 2. The molecule has 6 rings (SSSR count). The van der Waals surface area contributed by atoms with E-state index in [2.05, 4.69) is 42.0 Å². The Bertz CT molecular complexity index is 1940. The number of nitrogens with zero attached hydrogens (tertiary/aromatic N) is 5. The first kappa shape index (κ1) is 34.4. The van der Waals surface area contributed by atoms with Crippen molar-refractivity contribution >= 4 is 34.6 Å². The molecule has 1 saturated carbocycles. The topological polar surface area (TPSA) is 185 Å². The van der Waals surface area contributed by atoms with Gasteiger partial charge in [-0.15, -0.1) is 10.2 Å². The molecule has 13 nitrogen and oxygen atoms in total. The fourth-order valence-electron chi connectivity index (χ4n) is 6.40. The fraction of sp³-hybridized carbons (Fsp3) is 0.378. The molecule has 0 unspecified atom stereocenters. The number of nitrogens with one attached hydrogen (secondary N) is 3. The molecule has 1 atom stereocenters. The number of imide groups is 1. The maximum atomic E-state index is 14.1. The number of carbonyl (C=O) groups excluding carboxylic acids is 3. The SMILES string of the molecule is Cc1nc2ccc(-c3ccc(C[C@H](N)C(=O)N(C(=O)C4CCC(CNC(=O)OC(C)(C)C)CC4)c4ccc(-c5nn[nH]n5)cc4)cc3)cc2[nH]1. The van der Waals surface area contributed by atoms with E-state index in [0.717, 1.165) is 46.4 Å². The molecule has 0 spiro atoms. The van der Waals surface area contributed by atoms with E-state index in [9.17, 15) is 14.4 Å². The second-order valence-electron chi connectivity index (χ2n) is 14.0. The van der Waals surface area contributed by atoms with E-state index < -0.39 is 23.6 Å². The highest BCUT2D eigenvalue weighted by molar-refractivity contribution is 6.17. The first-order valence-corrected chi connectivity index (χ1v) is 16.9. The summed E-state index contributed by atoms with van der Waals surface area (Å²) in [5.41, 5.74) is 11.9. The monoisotopic (exact) mass is 677 g/mol. The molecule has 0 bridgehead atoms. The lowest BCUT2D eigenvalue weighted by atomic mass is 9.81. The summed E-state index contributed by atoms with van der Waals surface area (Å²) in [6.45, 7) is 7.86. The van der Waals surface area contributed by atoms with Gasteiger partial charge in [0.05, 0.1) is 22.8 Å². The van der Waals surface area contributed by atoms with Crippen LogP contribution >= 0.6 is 0 Å². The zero-order valence-corrected chi connectivity index (χ0v) is 28.8. The van der Waals surface area contributed by atoms with Gasteiger partial charge in [0.15, 0.2) is 0 Å². The highest BCUT2D eigenvalue weighted by Gasteiger charge is 2.35. The summed E-state index contributed by atoms with van der Waals surface area (Å²) in [6, 6.07) is 20.0. The number of rotatable bonds is 9. The van der Waals surface area contributed by atoms with Crippen molar-refractivity contribution in [1.29, 1.82) is 0 Å². The minimum Gasteiger partial charge on any atom is -0.444 e. The number of hydrogen-bond donors (Lipinski definition) is 4. The van der Waals surface area contributed by atoms with Crippen LogP contribution in [0.4, 0.5) is 10.5 Å². The van der Waals surface area contributed by atoms with Crippen LogP contribution in [0, 0.1) is 18.8 Å². The van der Waals surface area contributed by atoms with Crippen LogP contribution in [-0.2, 0) is 20.7 Å². The number of tetrazole rings is 1. The van der Waals surface area contributed by atoms with Crippen LogP contribution in [0.3, 0.4) is 0 Å². The number of amides is 3. The van der Waals surface area contributed by atoms with Gasteiger partial charge < -0.3 is 20.8 Å². The summed E-state index contributed by atoms with van der Waals surface area (Å²) < 4.78 is 5.36. The predicted molar refractivity (Wildman–Crippen MR) is 190 cm³/mol. The van der Waals surface area contributed by atoms with Gasteiger partial charge in [0.2, 0.25) is 11.7 Å². The van der Waals surface area contributed by atoms with Gasteiger partial charge in [-0.1, -0.05) is 30.3 Å². The van der Waals surface area contributed by atoms with Gasteiger partial charge in [0, 0.05) is 18.0 Å². The molecule has 1 aliphatic rings. The Kier molecular flexibility index (Phi) is 10.0. The second kappa shape index (κ2) is 14.6. The third kappa shape index (κ3) is 8.23. The lowest BCUT2D eigenvalue weighted by Crippen LogP contribution is -2.50. The number of imidazole rings is 1. The number of fused-ring (bicyclic) bond motifs is 1. The van der Waals surface area contributed by atoms with Gasteiger partial charge in [0.25, 0.3) is 5.91 Å². The molecule has 0 saturated heterocycles. The zero-order valence-electron chi connectivity index (χ0n) is 28.8. The average molecular weight is 678 g/mol. The molecule has 2 aromatic heterocycles. The number of aromatic amines is 2. The summed E-state index contributed by atoms with van der Waals surface area (Å²) in [5.74, 6) is 0.355. The molecule has 5 N–H and O–H groups in total. The van der Waals surface area contributed by atoms with E-state index in [1.54, 1.807) is 24.3 Å². The molecule has 260 valence electrons. The predicted octanol–water partition coefficient (Wildman–Crippen LogP) is 5.48. The largest absolute Gasteiger partial charge is 0.444 e. The number of benzene rings is 3. The number of nitrogens with two attached hydrogens (primary N) is 1. The van der Waals surface area contributed by atoms with Gasteiger partial charge >= 0.3 is 6.09 Å². The molecular weight excluding hydrogens is 634 g/mol.